The minimum absolute atomic E-state index is 0.0189. The maximum Gasteiger partial charge on any atom is 0.260 e. The number of amides is 1. The second-order valence-electron chi connectivity index (χ2n) is 6.36. The van der Waals surface area contributed by atoms with Crippen LogP contribution in [-0.4, -0.2) is 36.1 Å². The molecule has 2 aromatic heterocycles. The summed E-state index contributed by atoms with van der Waals surface area (Å²) in [6.07, 6.45) is 1.84. The maximum atomic E-state index is 11.6. The molecule has 1 amide bonds. The summed E-state index contributed by atoms with van der Waals surface area (Å²) in [5, 5.41) is 0.667. The number of ether oxygens (including phenoxy) is 1. The Labute approximate surface area is 144 Å². The molecule has 7 nitrogen and oxygen atoms in total. The first-order valence-corrected chi connectivity index (χ1v) is 8.88. The van der Waals surface area contributed by atoms with Crippen molar-refractivity contribution in [1.82, 2.24) is 4.98 Å². The van der Waals surface area contributed by atoms with Crippen molar-refractivity contribution >= 4 is 39.0 Å². The lowest BCUT2D eigenvalue weighted by atomic mass is 10.1. The van der Waals surface area contributed by atoms with Gasteiger partial charge in [0.1, 0.15) is 21.3 Å². The van der Waals surface area contributed by atoms with E-state index >= 15 is 0 Å². The average Bonchev–Trinajstić information content (AvgIpc) is 2.85. The number of carbonyl (C=O) groups is 1. The number of nitrogens with zero attached hydrogens (tertiary/aromatic N) is 2. The molecular formula is C16H23N5O2S. The maximum absolute atomic E-state index is 11.6. The van der Waals surface area contributed by atoms with Crippen LogP contribution in [0.4, 0.5) is 11.5 Å². The van der Waals surface area contributed by atoms with E-state index in [1.54, 1.807) is 0 Å². The average molecular weight is 349 g/mol. The Bertz CT molecular complexity index is 765. The van der Waals surface area contributed by atoms with Gasteiger partial charge in [-0.1, -0.05) is 0 Å². The molecule has 0 saturated carbocycles. The topological polar surface area (TPSA) is 120 Å². The van der Waals surface area contributed by atoms with Crippen molar-refractivity contribution in [3.63, 3.8) is 0 Å². The van der Waals surface area contributed by atoms with Gasteiger partial charge in [-0.2, -0.15) is 0 Å². The van der Waals surface area contributed by atoms with Crippen LogP contribution in [0.2, 0.25) is 0 Å². The van der Waals surface area contributed by atoms with Crippen LogP contribution in [0.1, 0.15) is 36.4 Å². The van der Waals surface area contributed by atoms with E-state index in [-0.39, 0.29) is 12.1 Å². The Morgan fingerprint density at radius 2 is 2.08 bits per heavy atom. The number of piperidine rings is 1. The number of hydrogen-bond donors (Lipinski definition) is 3. The van der Waals surface area contributed by atoms with Crippen molar-refractivity contribution < 1.29 is 9.53 Å². The number of aromatic nitrogens is 1. The van der Waals surface area contributed by atoms with E-state index in [9.17, 15) is 4.79 Å². The molecule has 1 fully saturated rings. The van der Waals surface area contributed by atoms with Crippen molar-refractivity contribution in [3.05, 3.63) is 10.9 Å². The zero-order chi connectivity index (χ0) is 17.4. The molecule has 24 heavy (non-hydrogen) atoms. The van der Waals surface area contributed by atoms with E-state index in [0.29, 0.717) is 26.5 Å². The summed E-state index contributed by atoms with van der Waals surface area (Å²) < 4.78 is 5.94. The molecular weight excluding hydrogens is 326 g/mol. The molecule has 0 spiro atoms. The first-order valence-electron chi connectivity index (χ1n) is 8.06. The summed E-state index contributed by atoms with van der Waals surface area (Å²) in [7, 11) is 0. The Hall–Kier alpha value is -2.06. The van der Waals surface area contributed by atoms with Crippen LogP contribution >= 0.6 is 11.3 Å². The van der Waals surface area contributed by atoms with E-state index in [1.165, 1.54) is 11.3 Å². The number of anilines is 2. The van der Waals surface area contributed by atoms with Gasteiger partial charge in [-0.25, -0.2) is 4.98 Å². The number of nitrogen functional groups attached to an aromatic ring is 1. The molecule has 0 radical (unpaired) electrons. The minimum atomic E-state index is -0.545. The van der Waals surface area contributed by atoms with Crippen molar-refractivity contribution in [2.75, 3.05) is 23.7 Å². The summed E-state index contributed by atoms with van der Waals surface area (Å²) in [6.45, 7) is 5.60. The second-order valence-corrected chi connectivity index (χ2v) is 7.36. The molecule has 1 saturated heterocycles. The van der Waals surface area contributed by atoms with Gasteiger partial charge < -0.3 is 26.8 Å². The number of fused-ring (bicyclic) bond motifs is 1. The molecule has 6 N–H and O–H groups in total. The van der Waals surface area contributed by atoms with Crippen molar-refractivity contribution in [2.45, 2.75) is 38.8 Å². The van der Waals surface area contributed by atoms with E-state index in [0.717, 1.165) is 31.7 Å². The van der Waals surface area contributed by atoms with E-state index in [1.807, 2.05) is 19.9 Å². The fourth-order valence-corrected chi connectivity index (χ4v) is 3.85. The number of rotatable bonds is 4. The third-order valence-electron chi connectivity index (χ3n) is 4.10. The van der Waals surface area contributed by atoms with Crippen LogP contribution in [0.15, 0.2) is 6.07 Å². The normalized spacial score (nSPS) is 16.1. The van der Waals surface area contributed by atoms with Crippen LogP contribution < -0.4 is 26.8 Å². The van der Waals surface area contributed by atoms with Crippen molar-refractivity contribution in [2.24, 2.45) is 11.5 Å². The highest BCUT2D eigenvalue weighted by molar-refractivity contribution is 7.21. The number of hydrogen-bond acceptors (Lipinski definition) is 7. The van der Waals surface area contributed by atoms with Crippen LogP contribution in [0.3, 0.4) is 0 Å². The second kappa shape index (κ2) is 6.45. The fraction of sp³-hybridized carbons (Fsp3) is 0.500. The third-order valence-corrected chi connectivity index (χ3v) is 5.21. The molecule has 2 aromatic rings. The predicted octanol–water partition coefficient (Wildman–Crippen LogP) is 1.69. The number of thiophene rings is 1. The van der Waals surface area contributed by atoms with Gasteiger partial charge in [-0.15, -0.1) is 11.3 Å². The first kappa shape index (κ1) is 16.8. The van der Waals surface area contributed by atoms with Gasteiger partial charge in [0.15, 0.2) is 0 Å². The summed E-state index contributed by atoms with van der Waals surface area (Å²) in [5.41, 5.74) is 17.9. The first-order chi connectivity index (χ1) is 11.4. The third kappa shape index (κ3) is 3.11. The number of pyridine rings is 1. The molecule has 0 aliphatic carbocycles. The Balaban J connectivity index is 2.10. The summed E-state index contributed by atoms with van der Waals surface area (Å²) in [6, 6.07) is 2.14. The summed E-state index contributed by atoms with van der Waals surface area (Å²) in [4.78, 5) is 19.5. The Kier molecular flexibility index (Phi) is 4.51. The number of carbonyl (C=O) groups excluding carboxylic acids is 1. The highest BCUT2D eigenvalue weighted by Gasteiger charge is 2.23. The largest absolute Gasteiger partial charge is 0.490 e. The van der Waals surface area contributed by atoms with Crippen LogP contribution in [0.25, 0.3) is 10.2 Å². The molecule has 130 valence electrons. The summed E-state index contributed by atoms with van der Waals surface area (Å²) in [5.74, 6) is 0.917. The molecule has 0 atom stereocenters. The predicted molar refractivity (Wildman–Crippen MR) is 97.7 cm³/mol. The van der Waals surface area contributed by atoms with Gasteiger partial charge in [0.2, 0.25) is 0 Å². The number of primary amides is 1. The zero-order valence-corrected chi connectivity index (χ0v) is 14.7. The SMILES string of the molecule is CC(C)Oc1cc(N2CCC(N)CC2)nc2sc(C(N)=O)c(N)c12. The van der Waals surface area contributed by atoms with Gasteiger partial charge in [0.05, 0.1) is 17.2 Å². The molecule has 0 aromatic carbocycles. The standard InChI is InChI=1S/C16H23N5O2S/c1-8(2)23-10-7-11(21-5-3-9(17)4-6-21)20-16-12(10)13(18)14(24-16)15(19)22/h7-9H,3-6,17-18H2,1-2H3,(H2,19,22). The molecule has 1 aliphatic rings. The Morgan fingerprint density at radius 1 is 1.42 bits per heavy atom. The monoisotopic (exact) mass is 349 g/mol. The lowest BCUT2D eigenvalue weighted by Crippen LogP contribution is -2.40. The van der Waals surface area contributed by atoms with Gasteiger partial charge in [0, 0.05) is 25.2 Å². The van der Waals surface area contributed by atoms with Crippen LogP contribution in [-0.2, 0) is 0 Å². The molecule has 3 heterocycles. The van der Waals surface area contributed by atoms with Crippen molar-refractivity contribution in [1.29, 1.82) is 0 Å². The molecule has 0 unspecified atom stereocenters. The van der Waals surface area contributed by atoms with Crippen LogP contribution in [0, 0.1) is 0 Å². The van der Waals surface area contributed by atoms with Crippen LogP contribution in [0.5, 0.6) is 5.75 Å². The minimum Gasteiger partial charge on any atom is -0.490 e. The lowest BCUT2D eigenvalue weighted by molar-refractivity contribution is 0.100. The van der Waals surface area contributed by atoms with E-state index in [2.05, 4.69) is 4.90 Å². The fourth-order valence-electron chi connectivity index (χ4n) is 2.89. The smallest absolute Gasteiger partial charge is 0.260 e. The van der Waals surface area contributed by atoms with E-state index in [4.69, 9.17) is 26.9 Å². The molecule has 1 aliphatic heterocycles. The Morgan fingerprint density at radius 3 is 2.67 bits per heavy atom. The highest BCUT2D eigenvalue weighted by Crippen LogP contribution is 2.41. The molecule has 0 bridgehead atoms. The van der Waals surface area contributed by atoms with Gasteiger partial charge >= 0.3 is 0 Å². The van der Waals surface area contributed by atoms with Gasteiger partial charge in [-0.3, -0.25) is 4.79 Å². The van der Waals surface area contributed by atoms with Gasteiger partial charge in [-0.05, 0) is 26.7 Å². The summed E-state index contributed by atoms with van der Waals surface area (Å²) >= 11 is 1.21. The van der Waals surface area contributed by atoms with E-state index < -0.39 is 5.91 Å². The highest BCUT2D eigenvalue weighted by atomic mass is 32.1. The number of nitrogens with two attached hydrogens (primary N) is 3. The van der Waals surface area contributed by atoms with Crippen molar-refractivity contribution in [3.8, 4) is 5.75 Å². The zero-order valence-electron chi connectivity index (χ0n) is 13.9. The molecule has 3 rings (SSSR count). The van der Waals surface area contributed by atoms with Gasteiger partial charge in [0.25, 0.3) is 5.91 Å². The lowest BCUT2D eigenvalue weighted by Gasteiger charge is -2.31. The quantitative estimate of drug-likeness (QED) is 0.772. The molecule has 8 heteroatoms.